The zero-order valence-electron chi connectivity index (χ0n) is 10.4. The lowest BCUT2D eigenvalue weighted by Crippen LogP contribution is -2.10. The number of anilines is 1. The molecule has 19 heavy (non-hydrogen) atoms. The molecule has 0 aliphatic heterocycles. The van der Waals surface area contributed by atoms with Gasteiger partial charge in [-0.2, -0.15) is 0 Å². The van der Waals surface area contributed by atoms with E-state index in [1.807, 2.05) is 54.8 Å². The lowest BCUT2D eigenvalue weighted by molar-refractivity contribution is 0.103. The molecule has 3 nitrogen and oxygen atoms in total. The van der Waals surface area contributed by atoms with E-state index in [2.05, 4.69) is 10.3 Å². The summed E-state index contributed by atoms with van der Waals surface area (Å²) in [6, 6.07) is 13.4. The standard InChI is InChI=1S/C15H12N2OS/c1-10-7-8-11-4-2-5-12(14(11)16-10)17-15(18)13-6-3-9-19-13/h2-9H,1H3,(H,17,18). The fourth-order valence-corrected chi connectivity index (χ4v) is 2.56. The Labute approximate surface area is 114 Å². The molecule has 0 saturated heterocycles. The zero-order valence-corrected chi connectivity index (χ0v) is 11.2. The van der Waals surface area contributed by atoms with Gasteiger partial charge in [0, 0.05) is 11.1 Å². The average molecular weight is 268 g/mol. The Kier molecular flexibility index (Phi) is 3.01. The highest BCUT2D eigenvalue weighted by Crippen LogP contribution is 2.22. The van der Waals surface area contributed by atoms with Crippen LogP contribution in [0.2, 0.25) is 0 Å². The molecule has 2 heterocycles. The van der Waals surface area contributed by atoms with Crippen molar-refractivity contribution in [3.05, 3.63) is 58.4 Å². The van der Waals surface area contributed by atoms with Gasteiger partial charge in [0.1, 0.15) is 0 Å². The van der Waals surface area contributed by atoms with Crippen LogP contribution in [-0.4, -0.2) is 10.9 Å². The van der Waals surface area contributed by atoms with Crippen molar-refractivity contribution in [2.24, 2.45) is 0 Å². The molecule has 0 aliphatic rings. The Morgan fingerprint density at radius 3 is 2.84 bits per heavy atom. The maximum Gasteiger partial charge on any atom is 0.265 e. The van der Waals surface area contributed by atoms with Crippen LogP contribution in [0.1, 0.15) is 15.4 Å². The second kappa shape index (κ2) is 4.82. The van der Waals surface area contributed by atoms with Crippen molar-refractivity contribution in [2.45, 2.75) is 6.92 Å². The summed E-state index contributed by atoms with van der Waals surface area (Å²) >= 11 is 1.43. The van der Waals surface area contributed by atoms with Crippen LogP contribution < -0.4 is 5.32 Å². The first kappa shape index (κ1) is 11.9. The fourth-order valence-electron chi connectivity index (χ4n) is 1.94. The SMILES string of the molecule is Cc1ccc2cccc(NC(=O)c3cccs3)c2n1. The molecule has 0 spiro atoms. The molecule has 0 aliphatic carbocycles. The van der Waals surface area contributed by atoms with E-state index in [1.165, 1.54) is 11.3 Å². The molecule has 1 amide bonds. The summed E-state index contributed by atoms with van der Waals surface area (Å²) in [4.78, 5) is 17.3. The molecule has 1 N–H and O–H groups in total. The lowest BCUT2D eigenvalue weighted by atomic mass is 10.1. The molecule has 94 valence electrons. The van der Waals surface area contributed by atoms with E-state index in [9.17, 15) is 4.79 Å². The topological polar surface area (TPSA) is 42.0 Å². The van der Waals surface area contributed by atoms with E-state index in [1.54, 1.807) is 0 Å². The van der Waals surface area contributed by atoms with Crippen molar-refractivity contribution >= 4 is 33.8 Å². The van der Waals surface area contributed by atoms with Gasteiger partial charge in [0.2, 0.25) is 0 Å². The van der Waals surface area contributed by atoms with Crippen molar-refractivity contribution < 1.29 is 4.79 Å². The maximum atomic E-state index is 12.1. The minimum atomic E-state index is -0.0918. The van der Waals surface area contributed by atoms with Gasteiger partial charge in [-0.25, -0.2) is 0 Å². The van der Waals surface area contributed by atoms with Crippen LogP contribution in [0, 0.1) is 6.92 Å². The third-order valence-electron chi connectivity index (χ3n) is 2.85. The quantitative estimate of drug-likeness (QED) is 0.767. The predicted octanol–water partition coefficient (Wildman–Crippen LogP) is 3.86. The normalized spacial score (nSPS) is 10.6. The van der Waals surface area contributed by atoms with Crippen molar-refractivity contribution in [3.8, 4) is 0 Å². The number of aryl methyl sites for hydroxylation is 1. The van der Waals surface area contributed by atoms with Gasteiger partial charge in [0.15, 0.2) is 0 Å². The number of aromatic nitrogens is 1. The number of rotatable bonds is 2. The Balaban J connectivity index is 2.01. The number of benzene rings is 1. The first-order valence-electron chi connectivity index (χ1n) is 5.95. The van der Waals surface area contributed by atoms with Crippen LogP contribution in [0.25, 0.3) is 10.9 Å². The first-order chi connectivity index (χ1) is 9.24. The number of amides is 1. The smallest absolute Gasteiger partial charge is 0.265 e. The summed E-state index contributed by atoms with van der Waals surface area (Å²) < 4.78 is 0. The van der Waals surface area contributed by atoms with Crippen molar-refractivity contribution in [1.82, 2.24) is 4.98 Å². The van der Waals surface area contributed by atoms with Crippen molar-refractivity contribution in [2.75, 3.05) is 5.32 Å². The second-order valence-corrected chi connectivity index (χ2v) is 5.21. The van der Waals surface area contributed by atoms with Gasteiger partial charge in [0.05, 0.1) is 16.1 Å². The number of carbonyl (C=O) groups excluding carboxylic acids is 1. The van der Waals surface area contributed by atoms with E-state index in [0.717, 1.165) is 22.3 Å². The van der Waals surface area contributed by atoms with Crippen LogP contribution in [0.3, 0.4) is 0 Å². The van der Waals surface area contributed by atoms with Gasteiger partial charge in [-0.05, 0) is 30.5 Å². The van der Waals surface area contributed by atoms with Gasteiger partial charge in [-0.3, -0.25) is 9.78 Å². The van der Waals surface area contributed by atoms with E-state index in [-0.39, 0.29) is 5.91 Å². The predicted molar refractivity (Wildman–Crippen MR) is 78.8 cm³/mol. The number of hydrogen-bond acceptors (Lipinski definition) is 3. The molecule has 0 fully saturated rings. The number of fused-ring (bicyclic) bond motifs is 1. The van der Waals surface area contributed by atoms with Gasteiger partial charge in [-0.1, -0.05) is 24.3 Å². The summed E-state index contributed by atoms with van der Waals surface area (Å²) in [5.41, 5.74) is 2.51. The number of carbonyl (C=O) groups is 1. The van der Waals surface area contributed by atoms with E-state index in [4.69, 9.17) is 0 Å². The van der Waals surface area contributed by atoms with Crippen LogP contribution >= 0.6 is 11.3 Å². The number of hydrogen-bond donors (Lipinski definition) is 1. The lowest BCUT2D eigenvalue weighted by Gasteiger charge is -2.07. The van der Waals surface area contributed by atoms with Crippen molar-refractivity contribution in [3.63, 3.8) is 0 Å². The minimum Gasteiger partial charge on any atom is -0.319 e. The van der Waals surface area contributed by atoms with Gasteiger partial charge in [-0.15, -0.1) is 11.3 Å². The van der Waals surface area contributed by atoms with E-state index >= 15 is 0 Å². The molecular weight excluding hydrogens is 256 g/mol. The molecule has 0 radical (unpaired) electrons. The van der Waals surface area contributed by atoms with Crippen LogP contribution in [0.4, 0.5) is 5.69 Å². The van der Waals surface area contributed by atoms with Crippen LogP contribution in [-0.2, 0) is 0 Å². The van der Waals surface area contributed by atoms with Gasteiger partial charge >= 0.3 is 0 Å². The molecular formula is C15H12N2OS. The molecule has 0 unspecified atom stereocenters. The number of pyridine rings is 1. The molecule has 0 atom stereocenters. The van der Waals surface area contributed by atoms with Crippen molar-refractivity contribution in [1.29, 1.82) is 0 Å². The molecule has 1 aromatic carbocycles. The maximum absolute atomic E-state index is 12.1. The summed E-state index contributed by atoms with van der Waals surface area (Å²) in [6.45, 7) is 1.94. The molecule has 3 rings (SSSR count). The molecule has 0 saturated carbocycles. The van der Waals surface area contributed by atoms with Gasteiger partial charge in [0.25, 0.3) is 5.91 Å². The summed E-state index contributed by atoms with van der Waals surface area (Å²) in [5, 5.41) is 5.84. The van der Waals surface area contributed by atoms with Gasteiger partial charge < -0.3 is 5.32 Å². The highest BCUT2D eigenvalue weighted by molar-refractivity contribution is 7.12. The number of thiophene rings is 1. The third-order valence-corrected chi connectivity index (χ3v) is 3.72. The fraction of sp³-hybridized carbons (Fsp3) is 0.0667. The largest absolute Gasteiger partial charge is 0.319 e. The number of nitrogens with one attached hydrogen (secondary N) is 1. The third kappa shape index (κ3) is 2.35. The minimum absolute atomic E-state index is 0.0918. The Morgan fingerprint density at radius 1 is 1.16 bits per heavy atom. The summed E-state index contributed by atoms with van der Waals surface area (Å²) in [7, 11) is 0. The number of nitrogens with zero attached hydrogens (tertiary/aromatic N) is 1. The highest BCUT2D eigenvalue weighted by atomic mass is 32.1. The molecule has 0 bridgehead atoms. The number of para-hydroxylation sites is 1. The van der Waals surface area contributed by atoms with E-state index in [0.29, 0.717) is 4.88 Å². The molecule has 3 aromatic rings. The van der Waals surface area contributed by atoms with Crippen LogP contribution in [0.15, 0.2) is 47.8 Å². The molecule has 4 heteroatoms. The Morgan fingerprint density at radius 2 is 2.05 bits per heavy atom. The average Bonchev–Trinajstić information content (AvgIpc) is 2.93. The first-order valence-corrected chi connectivity index (χ1v) is 6.83. The monoisotopic (exact) mass is 268 g/mol. The Bertz CT molecular complexity index is 735. The summed E-state index contributed by atoms with van der Waals surface area (Å²) in [6.07, 6.45) is 0. The Hall–Kier alpha value is -2.20. The highest BCUT2D eigenvalue weighted by Gasteiger charge is 2.09. The zero-order chi connectivity index (χ0) is 13.2. The summed E-state index contributed by atoms with van der Waals surface area (Å²) in [5.74, 6) is -0.0918. The second-order valence-electron chi connectivity index (χ2n) is 4.26. The van der Waals surface area contributed by atoms with Crippen LogP contribution in [0.5, 0.6) is 0 Å². The van der Waals surface area contributed by atoms with E-state index < -0.39 is 0 Å². The molecule has 2 aromatic heterocycles.